The zero-order valence-electron chi connectivity index (χ0n) is 83.4. The molecule has 726 valence electrons. The first kappa shape index (κ1) is 97.7. The van der Waals surface area contributed by atoms with Crippen LogP contribution in [0.4, 0.5) is 104 Å². The number of benzene rings is 6. The van der Waals surface area contributed by atoms with Gasteiger partial charge in [-0.05, 0) is 240 Å². The zero-order valence-corrected chi connectivity index (χ0v) is 87.5. The van der Waals surface area contributed by atoms with Crippen molar-refractivity contribution in [1.29, 1.82) is 0 Å². The van der Waals surface area contributed by atoms with Crippen LogP contribution < -0.4 is 62.0 Å². The fourth-order valence-corrected chi connectivity index (χ4v) is 24.6. The van der Waals surface area contributed by atoms with E-state index in [2.05, 4.69) is 195 Å². The van der Waals surface area contributed by atoms with Crippen molar-refractivity contribution in [3.63, 3.8) is 0 Å². The molecule has 0 fully saturated rings. The third-order valence-electron chi connectivity index (χ3n) is 24.4. The van der Waals surface area contributed by atoms with Gasteiger partial charge in [0, 0.05) is 79.5 Å². The predicted molar refractivity (Wildman–Crippen MR) is 575 cm³/mol. The maximum atomic E-state index is 13.2. The Balaban J connectivity index is 0.000000110. The predicted octanol–water partition coefficient (Wildman–Crippen LogP) is 25.1. The Morgan fingerprint density at radius 2 is 0.538 bits per heavy atom. The first-order chi connectivity index (χ1) is 70.1. The third-order valence-corrected chi connectivity index (χ3v) is 30.8. The van der Waals surface area contributed by atoms with E-state index in [0.717, 1.165) is 136 Å². The van der Waals surface area contributed by atoms with Gasteiger partial charge in [0.2, 0.25) is 9.84 Å². The van der Waals surface area contributed by atoms with Crippen molar-refractivity contribution < 1.29 is 36.3 Å². The first-order valence-corrected chi connectivity index (χ1v) is 52.0. The first-order valence-electron chi connectivity index (χ1n) is 46.9. The molecule has 0 aliphatic carbocycles. The monoisotopic (exact) mass is 2040 g/mol. The number of aromatic nitrogens is 12. The fraction of sp³-hybridized carbons (Fsp3) is 0.165. The second-order valence-electron chi connectivity index (χ2n) is 35.9. The minimum absolute atomic E-state index is 0.170. The van der Waals surface area contributed by atoms with Gasteiger partial charge in [0.1, 0.15) is 44.4 Å². The van der Waals surface area contributed by atoms with Crippen LogP contribution in [0.2, 0.25) is 0 Å². The Hall–Kier alpha value is -16.1. The quantitative estimate of drug-likeness (QED) is 0.115. The van der Waals surface area contributed by atoms with Crippen molar-refractivity contribution in [2.75, 3.05) is 57.8 Å². The van der Waals surface area contributed by atoms with Gasteiger partial charge in [0.15, 0.2) is 58.0 Å². The molecule has 0 spiro atoms. The molecule has 6 aromatic carbocycles. The number of pyridine rings is 12. The molecule has 0 saturated heterocycles. The molecule has 6 aliphatic heterocycles. The summed E-state index contributed by atoms with van der Waals surface area (Å²) in [5.74, 6) is 13.4. The van der Waals surface area contributed by atoms with Crippen molar-refractivity contribution in [2.24, 2.45) is 0 Å². The topological polar surface area (TPSA) is 271 Å². The second-order valence-corrected chi connectivity index (χ2v) is 42.5. The number of sulfone groups is 1. The number of anilines is 18. The number of para-hydroxylation sites is 10. The van der Waals surface area contributed by atoms with Gasteiger partial charge in [-0.2, -0.15) is 0 Å². The van der Waals surface area contributed by atoms with Crippen LogP contribution in [0.1, 0.15) is 89.0 Å². The molecule has 0 unspecified atom stereocenters. The molecule has 6 aliphatic rings. The van der Waals surface area contributed by atoms with E-state index in [1.807, 2.05) is 222 Å². The Morgan fingerprint density at radius 1 is 0.283 bits per heavy atom. The maximum absolute atomic E-state index is 13.2. The van der Waals surface area contributed by atoms with Crippen molar-refractivity contribution in [3.8, 4) is 34.5 Å². The van der Waals surface area contributed by atoms with E-state index in [9.17, 15) is 12.6 Å². The molecule has 0 bridgehead atoms. The summed E-state index contributed by atoms with van der Waals surface area (Å²) in [6.07, 6.45) is 22.9. The van der Waals surface area contributed by atoms with Crippen LogP contribution in [0.25, 0.3) is 0 Å². The van der Waals surface area contributed by atoms with Gasteiger partial charge in [0.05, 0.1) is 87.3 Å². The third kappa shape index (κ3) is 19.6. The average molecular weight is 2040 g/mol. The van der Waals surface area contributed by atoms with Crippen molar-refractivity contribution in [1.82, 2.24) is 59.8 Å². The van der Waals surface area contributed by atoms with Gasteiger partial charge in [-0.3, -0.25) is 24.5 Å². The van der Waals surface area contributed by atoms with E-state index in [4.69, 9.17) is 43.6 Å². The van der Waals surface area contributed by atoms with E-state index in [0.29, 0.717) is 73.4 Å². The molecule has 30 heteroatoms. The van der Waals surface area contributed by atoms with Crippen LogP contribution in [0.15, 0.2) is 322 Å². The van der Waals surface area contributed by atoms with Gasteiger partial charge in [-0.1, -0.05) is 90.6 Å². The van der Waals surface area contributed by atoms with E-state index in [-0.39, 0.29) is 24.7 Å². The molecule has 0 radical (unpaired) electrons. The van der Waals surface area contributed by atoms with Crippen LogP contribution in [0.3, 0.4) is 0 Å². The molecule has 18 heterocycles. The Morgan fingerprint density at radius 3 is 0.903 bits per heavy atom. The van der Waals surface area contributed by atoms with Gasteiger partial charge in [0.25, 0.3) is 0 Å². The minimum atomic E-state index is -3.71. The van der Waals surface area contributed by atoms with Crippen LogP contribution in [-0.4, -0.2) is 116 Å². The molecule has 18 aromatic rings. The molecule has 12 aromatic heterocycles. The number of hydrogen-bond donors (Lipinski definition) is 0. The van der Waals surface area contributed by atoms with E-state index >= 15 is 0 Å². The molecule has 0 amide bonds. The standard InChI is InChI=1S/C20H19N3.C19H17N3O3S.C19H17N3O2S.C19H17N3O2.C19H17N3OS.C19H17N3Se/c1-13-8-16-10-17-9-14(2)12-22-20(17)23(19(16)21-11-13)18-7-5-4-6-15(18)3;1-12-8-16-18(20-10-12)22(14-6-4-5-7-15(14)25-3)19-17(26(16,23)24)9-13(2)11-21-19;1-12-8-16-18(20-10-12)22(14-6-4-5-7-15(14)24-3)19-17(25(16)23)9-13(2)11-21-19;2*1-12-8-16-18(20-10-12)22(14-6-4-5-7-15(14)23-3)19-17(24-16)9-13(2)11-21-19;1-12-8-16-18(20-10-12)22(15-7-5-4-6-14(15)3)19-17(23-16)9-13(2)11-21-19/h4-9,11-12H,10H2,1-3H3;4-11H,1-3H3;4-11H,1-3H3;2*4-11H,1-3H3;4-11H,1-3H3. The summed E-state index contributed by atoms with van der Waals surface area (Å²) in [6, 6.07) is 72.1. The number of nitrogens with zero attached hydrogens (tertiary/aromatic N) is 18. The molecular formula is C115H104N18O8S3Se. The molecule has 0 N–H and O–H groups in total. The molecule has 24 rings (SSSR count). The van der Waals surface area contributed by atoms with E-state index < -0.39 is 20.6 Å². The van der Waals surface area contributed by atoms with Gasteiger partial charge < -0.3 is 23.7 Å². The van der Waals surface area contributed by atoms with Crippen LogP contribution in [0, 0.1) is 96.9 Å². The van der Waals surface area contributed by atoms with Gasteiger partial charge in [-0.15, -0.1) is 0 Å². The Labute approximate surface area is 856 Å². The summed E-state index contributed by atoms with van der Waals surface area (Å²) in [5.41, 5.74) is 23.2. The normalized spacial score (nSPS) is 13.0. The summed E-state index contributed by atoms with van der Waals surface area (Å²) in [4.78, 5) is 71.5. The molecule has 0 atom stereocenters. The molecule has 26 nitrogen and oxygen atoms in total. The number of rotatable bonds is 10. The summed E-state index contributed by atoms with van der Waals surface area (Å²) >= 11 is 1.95. The van der Waals surface area contributed by atoms with Crippen molar-refractivity contribution in [3.05, 3.63) is 382 Å². The molecule has 145 heavy (non-hydrogen) atoms. The number of ether oxygens (including phenoxy) is 5. The van der Waals surface area contributed by atoms with E-state index in [1.165, 1.54) is 53.4 Å². The average Bonchev–Trinajstić information content (AvgIpc) is 0.720. The van der Waals surface area contributed by atoms with Crippen LogP contribution in [0.5, 0.6) is 34.5 Å². The summed E-state index contributed by atoms with van der Waals surface area (Å²) in [6.45, 7) is 28.3. The number of hydrogen-bond acceptors (Lipinski definition) is 27. The van der Waals surface area contributed by atoms with Crippen molar-refractivity contribution in [2.45, 2.75) is 133 Å². The number of methoxy groups -OCH3 is 4. The number of aryl methyl sites for hydroxylation is 14. The van der Waals surface area contributed by atoms with Gasteiger partial charge in [-0.25, -0.2) is 62.5 Å². The Bertz CT molecular complexity index is 7620. The summed E-state index contributed by atoms with van der Waals surface area (Å²) in [5, 5.41) is 0. The second kappa shape index (κ2) is 41.4. The summed E-state index contributed by atoms with van der Waals surface area (Å²) < 4.78 is 70.3. The molecule has 0 saturated carbocycles. The SMILES string of the molecule is COc1ccccc1N1c2ncc(C)cc2Oc2cc(C)cnc21.COc1ccccc1N1c2ncc(C)cc2S(=O)(=O)c2cc(C)cnc21.COc1ccccc1N1c2ncc(C)cc2S(=O)c2cc(C)cnc21.COc1ccccc1N1c2ncc(C)cc2Sc2cc(C)cnc21.Cc1cnc2c(c1)Cc1cc(C)cnc1N2c1ccccc1C.Cc1cnc2c(c1)[Se]c1cc(C)cnc1N2c1ccccc1C. The fourth-order valence-electron chi connectivity index (χ4n) is 17.7. The summed E-state index contributed by atoms with van der Waals surface area (Å²) in [7, 11) is 1.52. The molecular weight excluding hydrogens is 1940 g/mol. The Kier molecular flexibility index (Phi) is 27.9. The zero-order chi connectivity index (χ0) is 101. The van der Waals surface area contributed by atoms with Crippen LogP contribution in [-0.2, 0) is 27.1 Å². The van der Waals surface area contributed by atoms with E-state index in [1.54, 1.807) is 82.0 Å². The van der Waals surface area contributed by atoms with Crippen LogP contribution >= 0.6 is 11.8 Å². The van der Waals surface area contributed by atoms with Gasteiger partial charge >= 0.3 is 142 Å². The van der Waals surface area contributed by atoms with Crippen molar-refractivity contribution >= 4 is 160 Å². The number of fused-ring (bicyclic) bond motifs is 12.